The highest BCUT2D eigenvalue weighted by Crippen LogP contribution is 2.63. The van der Waals surface area contributed by atoms with Crippen LogP contribution < -0.4 is 31.1 Å². The van der Waals surface area contributed by atoms with Crippen LogP contribution >= 0.6 is 0 Å². The van der Waals surface area contributed by atoms with Crippen molar-refractivity contribution in [3.8, 4) is 0 Å². The molecular formula is C65H76BN3. The Hall–Kier alpha value is -5.22. The Labute approximate surface area is 415 Å². The number of rotatable bonds is 4. The molecule has 6 bridgehead atoms. The summed E-state index contributed by atoms with van der Waals surface area (Å²) in [6, 6.07) is 44.7. The third-order valence-electron chi connectivity index (χ3n) is 19.3. The lowest BCUT2D eigenvalue weighted by Crippen LogP contribution is -2.62. The maximum Gasteiger partial charge on any atom is 0.252 e. The quantitative estimate of drug-likeness (QED) is 0.163. The summed E-state index contributed by atoms with van der Waals surface area (Å²) in [4.78, 5) is 8.29. The second-order valence-electron chi connectivity index (χ2n) is 26.4. The van der Waals surface area contributed by atoms with Gasteiger partial charge in [-0.25, -0.2) is 0 Å². The van der Waals surface area contributed by atoms with Gasteiger partial charge >= 0.3 is 0 Å². The van der Waals surface area contributed by atoms with Crippen molar-refractivity contribution in [3.05, 3.63) is 148 Å². The minimum atomic E-state index is -0.254. The first-order valence-electron chi connectivity index (χ1n) is 26.8. The summed E-state index contributed by atoms with van der Waals surface area (Å²) >= 11 is 0. The van der Waals surface area contributed by atoms with E-state index in [9.17, 15) is 0 Å². The summed E-state index contributed by atoms with van der Waals surface area (Å²) in [6.07, 6.45) is 8.40. The Balaban J connectivity index is 1.26. The molecule has 2 aliphatic carbocycles. The van der Waals surface area contributed by atoms with E-state index in [1.165, 1.54) is 128 Å². The highest BCUT2D eigenvalue weighted by atomic mass is 15.3. The molecule has 6 aromatic carbocycles. The van der Waals surface area contributed by atoms with Gasteiger partial charge in [0.2, 0.25) is 0 Å². The summed E-state index contributed by atoms with van der Waals surface area (Å²) < 4.78 is 0. The van der Waals surface area contributed by atoms with E-state index in [0.717, 1.165) is 6.42 Å². The Morgan fingerprint density at radius 1 is 0.536 bits per heavy atom. The van der Waals surface area contributed by atoms with Gasteiger partial charge in [0.1, 0.15) is 0 Å². The van der Waals surface area contributed by atoms with Gasteiger partial charge in [0.15, 0.2) is 0 Å². The zero-order valence-corrected chi connectivity index (χ0v) is 44.4. The lowest BCUT2D eigenvalue weighted by Gasteiger charge is -2.51. The molecule has 4 aliphatic heterocycles. The number of para-hydroxylation sites is 1. The fourth-order valence-corrected chi connectivity index (χ4v) is 14.9. The molecule has 3 unspecified atom stereocenters. The first-order valence-corrected chi connectivity index (χ1v) is 26.8. The number of hydrogen-bond acceptors (Lipinski definition) is 3. The molecule has 0 N–H and O–H groups in total. The molecule has 4 heterocycles. The number of benzene rings is 6. The Morgan fingerprint density at radius 2 is 1.16 bits per heavy atom. The zero-order valence-electron chi connectivity index (χ0n) is 44.4. The summed E-state index contributed by atoms with van der Waals surface area (Å²) in [5, 5.41) is 0. The van der Waals surface area contributed by atoms with Crippen LogP contribution in [0.2, 0.25) is 0 Å². The number of hydrogen-bond donors (Lipinski definition) is 0. The fraction of sp³-hybridized carbons (Fsp3) is 0.446. The molecule has 6 aromatic rings. The molecule has 0 spiro atoms. The second-order valence-corrected chi connectivity index (χ2v) is 26.4. The van der Waals surface area contributed by atoms with Gasteiger partial charge in [-0.1, -0.05) is 157 Å². The SMILES string of the molecule is CC(C)CC(C)c1cc2c3cc1C(C)(C)c1cccc(c1)N1c4cc(C(C)(C)C)ccc4B4c5cc6c(cc5N(c5ccccc5)c5cc(cc1c54)N3C1(C)CCCCC21C)C(C)(C)CCC6(C)C. The van der Waals surface area contributed by atoms with E-state index in [1.54, 1.807) is 11.1 Å². The van der Waals surface area contributed by atoms with Crippen molar-refractivity contribution in [1.29, 1.82) is 0 Å². The first-order chi connectivity index (χ1) is 32.5. The minimum absolute atomic E-state index is 0.0138. The lowest BCUT2D eigenvalue weighted by atomic mass is 9.33. The molecule has 4 heteroatoms. The molecule has 0 amide bonds. The van der Waals surface area contributed by atoms with E-state index in [0.29, 0.717) is 11.8 Å². The third kappa shape index (κ3) is 6.24. The highest BCUT2D eigenvalue weighted by Gasteiger charge is 2.59. The van der Waals surface area contributed by atoms with Crippen LogP contribution in [-0.4, -0.2) is 12.3 Å². The van der Waals surface area contributed by atoms with Gasteiger partial charge in [0.25, 0.3) is 6.71 Å². The molecule has 0 saturated heterocycles. The van der Waals surface area contributed by atoms with Crippen molar-refractivity contribution >= 4 is 68.6 Å². The van der Waals surface area contributed by atoms with Gasteiger partial charge in [-0.05, 0) is 177 Å². The van der Waals surface area contributed by atoms with Gasteiger partial charge in [-0.2, -0.15) is 0 Å². The molecule has 3 atom stereocenters. The van der Waals surface area contributed by atoms with Crippen LogP contribution in [0.5, 0.6) is 0 Å². The average Bonchev–Trinajstić information content (AvgIpc) is 3.51. The Morgan fingerprint density at radius 3 is 1.84 bits per heavy atom. The minimum Gasteiger partial charge on any atom is -0.334 e. The van der Waals surface area contributed by atoms with E-state index in [2.05, 4.69) is 221 Å². The maximum absolute atomic E-state index is 2.90. The van der Waals surface area contributed by atoms with Crippen LogP contribution in [0, 0.1) is 5.92 Å². The van der Waals surface area contributed by atoms with Gasteiger partial charge < -0.3 is 14.7 Å². The summed E-state index contributed by atoms with van der Waals surface area (Å²) in [6.45, 7) is 34.8. The maximum atomic E-state index is 2.90. The van der Waals surface area contributed by atoms with Gasteiger partial charge in [0.05, 0.1) is 5.54 Å². The van der Waals surface area contributed by atoms with Crippen molar-refractivity contribution < 1.29 is 0 Å². The molecule has 1 saturated carbocycles. The van der Waals surface area contributed by atoms with Crippen LogP contribution in [-0.2, 0) is 27.1 Å². The number of fused-ring (bicyclic) bond motifs is 15. The predicted octanol–water partition coefficient (Wildman–Crippen LogP) is 15.9. The molecule has 1 fully saturated rings. The van der Waals surface area contributed by atoms with E-state index in [1.807, 2.05) is 0 Å². The molecule has 12 rings (SSSR count). The largest absolute Gasteiger partial charge is 0.334 e. The van der Waals surface area contributed by atoms with E-state index < -0.39 is 0 Å². The van der Waals surface area contributed by atoms with Crippen LogP contribution in [0.4, 0.5) is 45.5 Å². The molecule has 0 radical (unpaired) electrons. The lowest BCUT2D eigenvalue weighted by molar-refractivity contribution is 0.195. The number of nitrogens with zero attached hydrogens (tertiary/aromatic N) is 3. The summed E-state index contributed by atoms with van der Waals surface area (Å²) in [7, 11) is 0. The van der Waals surface area contributed by atoms with E-state index in [4.69, 9.17) is 0 Å². The average molecular weight is 910 g/mol. The van der Waals surface area contributed by atoms with Gasteiger partial charge in [-0.15, -0.1) is 0 Å². The zero-order chi connectivity index (χ0) is 48.5. The molecule has 3 nitrogen and oxygen atoms in total. The molecular weight excluding hydrogens is 834 g/mol. The molecule has 354 valence electrons. The van der Waals surface area contributed by atoms with E-state index >= 15 is 0 Å². The van der Waals surface area contributed by atoms with Crippen LogP contribution in [0.1, 0.15) is 187 Å². The summed E-state index contributed by atoms with van der Waals surface area (Å²) in [5.41, 5.74) is 24.7. The van der Waals surface area contributed by atoms with E-state index in [-0.39, 0.29) is 39.3 Å². The normalized spacial score (nSPS) is 23.3. The monoisotopic (exact) mass is 910 g/mol. The second kappa shape index (κ2) is 14.7. The van der Waals surface area contributed by atoms with Crippen molar-refractivity contribution in [3.63, 3.8) is 0 Å². The van der Waals surface area contributed by atoms with Crippen molar-refractivity contribution in [1.82, 2.24) is 0 Å². The van der Waals surface area contributed by atoms with Crippen LogP contribution in [0.3, 0.4) is 0 Å². The van der Waals surface area contributed by atoms with Crippen molar-refractivity contribution in [2.45, 2.75) is 180 Å². The highest BCUT2D eigenvalue weighted by molar-refractivity contribution is 7.00. The van der Waals surface area contributed by atoms with Crippen molar-refractivity contribution in [2.24, 2.45) is 5.92 Å². The smallest absolute Gasteiger partial charge is 0.252 e. The van der Waals surface area contributed by atoms with Crippen LogP contribution in [0.15, 0.2) is 109 Å². The Bertz CT molecular complexity index is 3110. The third-order valence-corrected chi connectivity index (χ3v) is 19.3. The van der Waals surface area contributed by atoms with Gasteiger partial charge in [-0.3, -0.25) is 0 Å². The van der Waals surface area contributed by atoms with Gasteiger partial charge in [0, 0.05) is 56.3 Å². The molecule has 0 aromatic heterocycles. The number of anilines is 8. The first kappa shape index (κ1) is 45.0. The van der Waals surface area contributed by atoms with Crippen LogP contribution in [0.25, 0.3) is 0 Å². The fourth-order valence-electron chi connectivity index (χ4n) is 14.9. The predicted molar refractivity (Wildman–Crippen MR) is 297 cm³/mol. The van der Waals surface area contributed by atoms with Crippen molar-refractivity contribution in [2.75, 3.05) is 14.7 Å². The molecule has 69 heavy (non-hydrogen) atoms. The topological polar surface area (TPSA) is 9.72 Å². The molecule has 6 aliphatic rings. The standard InChI is InChI=1S/C65H76BN3/c1-40(2)31-41(3)47-36-51-54-38-48(47)63(11,12)43-21-20-24-45(32-43)68-55-33-42(60(4,5)6)25-26-52(55)66-53-37-49-50(62(9,10)30-29-61(49,7)8)39-56(53)67(44-22-16-15-17-23-44)57-34-46(35-58(68)59(57)66)69(54)65(14)28-19-18-27-64(51,65)13/h15-17,20-26,32-41H,18-19,27-31H2,1-14H3. The Kier molecular flexibility index (Phi) is 9.56. The summed E-state index contributed by atoms with van der Waals surface area (Å²) in [5.74, 6) is 1.05.